The van der Waals surface area contributed by atoms with Gasteiger partial charge in [0.25, 0.3) is 11.6 Å². The number of hydrogen-bond acceptors (Lipinski definition) is 7. The number of hydrazine groups is 1. The van der Waals surface area contributed by atoms with Gasteiger partial charge in [-0.1, -0.05) is 0 Å². The molecule has 0 radical (unpaired) electrons. The van der Waals surface area contributed by atoms with Gasteiger partial charge in [-0.3, -0.25) is 25.8 Å². The Morgan fingerprint density at radius 2 is 2.04 bits per heavy atom. The quantitative estimate of drug-likeness (QED) is 0.398. The van der Waals surface area contributed by atoms with Crippen LogP contribution in [0.5, 0.6) is 5.88 Å². The third kappa shape index (κ3) is 5.30. The van der Waals surface area contributed by atoms with E-state index in [0.717, 1.165) is 6.07 Å². The molecule has 0 spiro atoms. The number of nitrogens with zero attached hydrogens (tertiary/aromatic N) is 2. The van der Waals surface area contributed by atoms with Crippen LogP contribution >= 0.6 is 0 Å². The third-order valence-corrected chi connectivity index (χ3v) is 3.37. The fraction of sp³-hybridized carbons (Fsp3) is 0.250. The van der Waals surface area contributed by atoms with Crippen molar-refractivity contribution in [1.29, 1.82) is 0 Å². The summed E-state index contributed by atoms with van der Waals surface area (Å²) >= 11 is 0. The minimum Gasteiger partial charge on any atom is -0.475 e. The van der Waals surface area contributed by atoms with Gasteiger partial charge in [0, 0.05) is 19.4 Å². The molecule has 1 heterocycles. The number of carbonyl (C=O) groups excluding carboxylic acids is 1. The predicted molar refractivity (Wildman–Crippen MR) is 90.8 cm³/mol. The first-order valence-corrected chi connectivity index (χ1v) is 7.72. The number of nitro groups is 1. The molecular weight excluding hydrogens is 385 g/mol. The van der Waals surface area contributed by atoms with Gasteiger partial charge in [0.2, 0.25) is 5.88 Å². The first-order chi connectivity index (χ1) is 13.2. The molecule has 0 unspecified atom stereocenters. The molecule has 0 aliphatic heterocycles. The van der Waals surface area contributed by atoms with Gasteiger partial charge in [-0.15, -0.1) is 0 Å². The van der Waals surface area contributed by atoms with Crippen molar-refractivity contribution < 1.29 is 32.4 Å². The van der Waals surface area contributed by atoms with Crippen LogP contribution in [0.25, 0.3) is 0 Å². The molecule has 9 nitrogen and oxygen atoms in total. The van der Waals surface area contributed by atoms with Crippen LogP contribution in [0, 0.1) is 10.1 Å². The zero-order chi connectivity index (χ0) is 20.7. The van der Waals surface area contributed by atoms with Gasteiger partial charge in [0.05, 0.1) is 17.1 Å². The number of rotatable bonds is 8. The van der Waals surface area contributed by atoms with E-state index in [1.165, 1.54) is 25.4 Å². The van der Waals surface area contributed by atoms with Gasteiger partial charge >= 0.3 is 6.18 Å². The predicted octanol–water partition coefficient (Wildman–Crippen LogP) is 2.79. The Labute approximate surface area is 156 Å². The van der Waals surface area contributed by atoms with E-state index in [1.54, 1.807) is 0 Å². The highest BCUT2D eigenvalue weighted by molar-refractivity contribution is 5.97. The zero-order valence-corrected chi connectivity index (χ0v) is 14.4. The number of aromatic nitrogens is 1. The van der Waals surface area contributed by atoms with Crippen LogP contribution in [0.4, 0.5) is 24.5 Å². The molecule has 0 fully saturated rings. The Kier molecular flexibility index (Phi) is 6.71. The molecule has 1 aromatic carbocycles. The fourth-order valence-corrected chi connectivity index (χ4v) is 2.06. The van der Waals surface area contributed by atoms with Crippen molar-refractivity contribution in [3.05, 3.63) is 57.8 Å². The summed E-state index contributed by atoms with van der Waals surface area (Å²) in [6.45, 7) is 0.388. The monoisotopic (exact) mass is 400 g/mol. The molecule has 0 bridgehead atoms. The number of ether oxygens (including phenoxy) is 2. The number of carbonyl (C=O) groups is 1. The molecule has 1 amide bonds. The highest BCUT2D eigenvalue weighted by Gasteiger charge is 2.33. The molecular formula is C16H15F3N4O5. The standard InChI is InChI=1S/C16H15F3N4O5/c1-27-7-8-28-15-11(3-2-6-20-15)14(24)22-21-12-5-4-10(16(17,18)19)9-13(12)23(25)26/h2-6,9,21H,7-8H2,1H3,(H,22,24). The largest absolute Gasteiger partial charge is 0.475 e. The zero-order valence-electron chi connectivity index (χ0n) is 14.4. The van der Waals surface area contributed by atoms with Crippen LogP contribution < -0.4 is 15.6 Å². The minimum absolute atomic E-state index is 0.000712. The molecule has 12 heteroatoms. The average molecular weight is 400 g/mol. The maximum Gasteiger partial charge on any atom is 0.416 e. The first kappa shape index (κ1) is 20.9. The minimum atomic E-state index is -4.74. The topological polar surface area (TPSA) is 116 Å². The number of anilines is 1. The molecule has 0 saturated carbocycles. The second-order valence-corrected chi connectivity index (χ2v) is 5.26. The van der Waals surface area contributed by atoms with E-state index in [0.29, 0.717) is 12.1 Å². The van der Waals surface area contributed by atoms with Crippen LogP contribution in [-0.4, -0.2) is 36.1 Å². The molecule has 2 aromatic rings. The van der Waals surface area contributed by atoms with E-state index >= 15 is 0 Å². The van der Waals surface area contributed by atoms with Gasteiger partial charge in [-0.25, -0.2) is 4.98 Å². The number of alkyl halides is 3. The van der Waals surface area contributed by atoms with Crippen molar-refractivity contribution in [2.75, 3.05) is 25.7 Å². The van der Waals surface area contributed by atoms with E-state index in [9.17, 15) is 28.1 Å². The fourth-order valence-electron chi connectivity index (χ4n) is 2.06. The van der Waals surface area contributed by atoms with Gasteiger partial charge in [0.1, 0.15) is 17.9 Å². The van der Waals surface area contributed by atoms with Crippen molar-refractivity contribution in [3.63, 3.8) is 0 Å². The summed E-state index contributed by atoms with van der Waals surface area (Å²) in [5.41, 5.74) is 2.08. The Hall–Kier alpha value is -3.41. The summed E-state index contributed by atoms with van der Waals surface area (Å²) in [5.74, 6) is -0.754. The van der Waals surface area contributed by atoms with Crippen molar-refractivity contribution in [2.45, 2.75) is 6.18 Å². The lowest BCUT2D eigenvalue weighted by atomic mass is 10.1. The van der Waals surface area contributed by atoms with Crippen molar-refractivity contribution in [2.24, 2.45) is 0 Å². The number of amides is 1. The Bertz CT molecular complexity index is 860. The molecule has 150 valence electrons. The Morgan fingerprint density at radius 1 is 1.29 bits per heavy atom. The number of pyridine rings is 1. The van der Waals surface area contributed by atoms with E-state index in [2.05, 4.69) is 15.8 Å². The van der Waals surface area contributed by atoms with E-state index in [4.69, 9.17) is 9.47 Å². The Balaban J connectivity index is 2.16. The molecule has 28 heavy (non-hydrogen) atoms. The molecule has 0 aliphatic carbocycles. The van der Waals surface area contributed by atoms with Crippen LogP contribution in [-0.2, 0) is 10.9 Å². The van der Waals surface area contributed by atoms with Crippen LogP contribution in [0.2, 0.25) is 0 Å². The van der Waals surface area contributed by atoms with Gasteiger partial charge < -0.3 is 9.47 Å². The smallest absolute Gasteiger partial charge is 0.416 e. The number of nitro benzene ring substituents is 1. The summed E-state index contributed by atoms with van der Waals surface area (Å²) < 4.78 is 48.3. The van der Waals surface area contributed by atoms with Crippen molar-refractivity contribution >= 4 is 17.3 Å². The number of methoxy groups -OCH3 is 1. The van der Waals surface area contributed by atoms with Crippen LogP contribution in [0.15, 0.2) is 36.5 Å². The van der Waals surface area contributed by atoms with E-state index < -0.39 is 28.3 Å². The lowest BCUT2D eigenvalue weighted by Gasteiger charge is -2.13. The van der Waals surface area contributed by atoms with Gasteiger partial charge in [-0.05, 0) is 24.3 Å². The highest BCUT2D eigenvalue weighted by atomic mass is 19.4. The summed E-state index contributed by atoms with van der Waals surface area (Å²) in [6, 6.07) is 4.75. The number of benzene rings is 1. The molecule has 0 saturated heterocycles. The van der Waals surface area contributed by atoms with E-state index in [-0.39, 0.29) is 30.3 Å². The maximum atomic E-state index is 12.7. The molecule has 1 aromatic heterocycles. The molecule has 0 atom stereocenters. The van der Waals surface area contributed by atoms with Crippen molar-refractivity contribution in [1.82, 2.24) is 10.4 Å². The summed E-state index contributed by atoms with van der Waals surface area (Å²) in [5, 5.41) is 11.1. The third-order valence-electron chi connectivity index (χ3n) is 3.37. The summed E-state index contributed by atoms with van der Waals surface area (Å²) in [7, 11) is 1.47. The second kappa shape index (κ2) is 8.99. The first-order valence-electron chi connectivity index (χ1n) is 7.72. The van der Waals surface area contributed by atoms with Crippen LogP contribution in [0.3, 0.4) is 0 Å². The lowest BCUT2D eigenvalue weighted by molar-refractivity contribution is -0.384. The normalized spacial score (nSPS) is 11.0. The molecule has 2 rings (SSSR count). The SMILES string of the molecule is COCCOc1ncccc1C(=O)NNc1ccc(C(F)(F)F)cc1[N+](=O)[O-]. The second-order valence-electron chi connectivity index (χ2n) is 5.26. The number of halogens is 3. The maximum absolute atomic E-state index is 12.7. The average Bonchev–Trinajstić information content (AvgIpc) is 2.65. The summed E-state index contributed by atoms with van der Waals surface area (Å²) in [6.07, 6.45) is -3.34. The number of hydrogen-bond donors (Lipinski definition) is 2. The Morgan fingerprint density at radius 3 is 2.68 bits per heavy atom. The summed E-state index contributed by atoms with van der Waals surface area (Å²) in [4.78, 5) is 26.3. The van der Waals surface area contributed by atoms with E-state index in [1.807, 2.05) is 0 Å². The van der Waals surface area contributed by atoms with Crippen molar-refractivity contribution in [3.8, 4) is 5.88 Å². The van der Waals surface area contributed by atoms with Gasteiger partial charge in [-0.2, -0.15) is 13.2 Å². The molecule has 0 aliphatic rings. The van der Waals surface area contributed by atoms with Gasteiger partial charge in [0.15, 0.2) is 0 Å². The molecule has 2 N–H and O–H groups in total. The highest BCUT2D eigenvalue weighted by Crippen LogP contribution is 2.34. The number of nitrogens with one attached hydrogen (secondary N) is 2. The lowest BCUT2D eigenvalue weighted by Crippen LogP contribution is -2.30. The van der Waals surface area contributed by atoms with Crippen LogP contribution in [0.1, 0.15) is 15.9 Å².